The van der Waals surface area contributed by atoms with Crippen LogP contribution in [0.1, 0.15) is 6.42 Å². The molecule has 0 aliphatic rings. The van der Waals surface area contributed by atoms with Gasteiger partial charge in [-0.25, -0.2) is 14.4 Å². The van der Waals surface area contributed by atoms with Crippen LogP contribution in [0.3, 0.4) is 0 Å². The molecule has 0 aliphatic carbocycles. The lowest BCUT2D eigenvalue weighted by Crippen LogP contribution is -2.08. The Kier molecular flexibility index (Phi) is 5.99. The summed E-state index contributed by atoms with van der Waals surface area (Å²) < 4.78 is 23.5. The molecular weight excluding hydrogens is 239 g/mol. The molecule has 0 bridgehead atoms. The fraction of sp³-hybridized carbons (Fsp3) is 0.545. The van der Waals surface area contributed by atoms with Crippen molar-refractivity contribution in [3.8, 4) is 6.01 Å². The molecule has 0 unspecified atom stereocenters. The van der Waals surface area contributed by atoms with Crippen molar-refractivity contribution in [3.05, 3.63) is 12.0 Å². The lowest BCUT2D eigenvalue weighted by atomic mass is 10.5. The van der Waals surface area contributed by atoms with Gasteiger partial charge in [-0.2, -0.15) is 4.98 Å². The van der Waals surface area contributed by atoms with Crippen molar-refractivity contribution >= 4 is 12.2 Å². The van der Waals surface area contributed by atoms with Gasteiger partial charge in [-0.3, -0.25) is 0 Å². The molecule has 1 rings (SSSR count). The molecule has 1 heterocycles. The van der Waals surface area contributed by atoms with Gasteiger partial charge >= 0.3 is 6.01 Å². The molecule has 1 aromatic rings. The standard InChI is InChI=1S/C11H17FN4O2/c1-16(2)8-14-10-9(12)7-13-11(15-10)18-6-4-5-17-3/h7-8H,4-6H2,1-3H3/b14-8+. The number of rotatable bonds is 7. The molecule has 7 heteroatoms. The lowest BCUT2D eigenvalue weighted by molar-refractivity contribution is 0.168. The second-order valence-corrected chi connectivity index (χ2v) is 3.73. The fourth-order valence-corrected chi connectivity index (χ4v) is 1.04. The number of halogens is 1. The van der Waals surface area contributed by atoms with Crippen LogP contribution in [0, 0.1) is 5.82 Å². The summed E-state index contributed by atoms with van der Waals surface area (Å²) in [5.41, 5.74) is 0. The third-order valence-electron chi connectivity index (χ3n) is 1.84. The van der Waals surface area contributed by atoms with E-state index >= 15 is 0 Å². The van der Waals surface area contributed by atoms with Gasteiger partial charge in [0.05, 0.1) is 19.1 Å². The second-order valence-electron chi connectivity index (χ2n) is 3.73. The highest BCUT2D eigenvalue weighted by Gasteiger charge is 2.06. The molecule has 0 aliphatic heterocycles. The summed E-state index contributed by atoms with van der Waals surface area (Å²) in [7, 11) is 5.18. The maximum atomic E-state index is 13.3. The Morgan fingerprint density at radius 1 is 1.44 bits per heavy atom. The van der Waals surface area contributed by atoms with Crippen molar-refractivity contribution in [2.45, 2.75) is 6.42 Å². The van der Waals surface area contributed by atoms with Gasteiger partial charge < -0.3 is 14.4 Å². The third kappa shape index (κ3) is 5.05. The molecule has 0 radical (unpaired) electrons. The van der Waals surface area contributed by atoms with Gasteiger partial charge in [0, 0.05) is 34.2 Å². The van der Waals surface area contributed by atoms with Gasteiger partial charge in [0.25, 0.3) is 0 Å². The molecule has 0 aromatic carbocycles. The summed E-state index contributed by atoms with van der Waals surface area (Å²) in [4.78, 5) is 13.2. The summed E-state index contributed by atoms with van der Waals surface area (Å²) >= 11 is 0. The van der Waals surface area contributed by atoms with E-state index in [-0.39, 0.29) is 11.8 Å². The summed E-state index contributed by atoms with van der Waals surface area (Å²) in [6.45, 7) is 1.00. The number of hydrogen-bond acceptors (Lipinski definition) is 5. The van der Waals surface area contributed by atoms with Crippen LogP contribution < -0.4 is 4.74 Å². The third-order valence-corrected chi connectivity index (χ3v) is 1.84. The fourth-order valence-electron chi connectivity index (χ4n) is 1.04. The molecular formula is C11H17FN4O2. The first-order valence-corrected chi connectivity index (χ1v) is 5.48. The number of nitrogens with zero attached hydrogens (tertiary/aromatic N) is 4. The van der Waals surface area contributed by atoms with Crippen molar-refractivity contribution in [1.82, 2.24) is 14.9 Å². The zero-order valence-corrected chi connectivity index (χ0v) is 10.8. The quantitative estimate of drug-likeness (QED) is 0.417. The van der Waals surface area contributed by atoms with Crippen molar-refractivity contribution < 1.29 is 13.9 Å². The molecule has 1 aromatic heterocycles. The van der Waals surface area contributed by atoms with Crippen LogP contribution in [0.2, 0.25) is 0 Å². The largest absolute Gasteiger partial charge is 0.463 e. The molecule has 0 saturated heterocycles. The zero-order chi connectivity index (χ0) is 13.4. The van der Waals surface area contributed by atoms with Crippen LogP contribution in [0.4, 0.5) is 10.2 Å². The van der Waals surface area contributed by atoms with Gasteiger partial charge in [-0.15, -0.1) is 0 Å². The SMILES string of the molecule is COCCCOc1ncc(F)c(/N=C/N(C)C)n1. The Labute approximate surface area is 105 Å². The highest BCUT2D eigenvalue weighted by molar-refractivity contribution is 5.59. The van der Waals surface area contributed by atoms with Gasteiger partial charge in [0.15, 0.2) is 11.6 Å². The van der Waals surface area contributed by atoms with Crippen LogP contribution in [0.25, 0.3) is 0 Å². The maximum absolute atomic E-state index is 13.3. The Morgan fingerprint density at radius 3 is 2.89 bits per heavy atom. The number of methoxy groups -OCH3 is 1. The molecule has 0 saturated carbocycles. The molecule has 6 nitrogen and oxygen atoms in total. The maximum Gasteiger partial charge on any atom is 0.318 e. The Bertz CT molecular complexity index is 399. The van der Waals surface area contributed by atoms with Crippen LogP contribution in [0.15, 0.2) is 11.2 Å². The van der Waals surface area contributed by atoms with Crippen molar-refractivity contribution in [2.24, 2.45) is 4.99 Å². The Balaban J connectivity index is 2.62. The molecule has 0 fully saturated rings. The average molecular weight is 256 g/mol. The van der Waals surface area contributed by atoms with E-state index in [1.54, 1.807) is 26.1 Å². The van der Waals surface area contributed by atoms with Crippen molar-refractivity contribution in [1.29, 1.82) is 0 Å². The smallest absolute Gasteiger partial charge is 0.318 e. The number of aromatic nitrogens is 2. The summed E-state index contributed by atoms with van der Waals surface area (Å²) in [6.07, 6.45) is 3.22. The predicted octanol–water partition coefficient (Wildman–Crippen LogP) is 1.25. The minimum absolute atomic E-state index is 0.0413. The minimum atomic E-state index is -0.586. The Morgan fingerprint density at radius 2 is 2.22 bits per heavy atom. The highest BCUT2D eigenvalue weighted by Crippen LogP contribution is 2.16. The minimum Gasteiger partial charge on any atom is -0.463 e. The van der Waals surface area contributed by atoms with E-state index in [4.69, 9.17) is 9.47 Å². The molecule has 0 amide bonds. The summed E-state index contributed by atoms with van der Waals surface area (Å²) in [6, 6.07) is 0.110. The molecule has 0 spiro atoms. The molecule has 100 valence electrons. The summed E-state index contributed by atoms with van der Waals surface area (Å²) in [5.74, 6) is -0.627. The van der Waals surface area contributed by atoms with E-state index in [9.17, 15) is 4.39 Å². The average Bonchev–Trinajstić information content (AvgIpc) is 2.34. The van der Waals surface area contributed by atoms with Crippen LogP contribution in [-0.2, 0) is 4.74 Å². The molecule has 18 heavy (non-hydrogen) atoms. The first kappa shape index (κ1) is 14.3. The first-order valence-electron chi connectivity index (χ1n) is 5.48. The van der Waals surface area contributed by atoms with E-state index < -0.39 is 5.82 Å². The van der Waals surface area contributed by atoms with Crippen molar-refractivity contribution in [3.63, 3.8) is 0 Å². The van der Waals surface area contributed by atoms with Crippen LogP contribution in [-0.4, -0.2) is 55.6 Å². The van der Waals surface area contributed by atoms with Crippen LogP contribution >= 0.6 is 0 Å². The normalized spacial score (nSPS) is 10.9. The zero-order valence-electron chi connectivity index (χ0n) is 10.8. The second kappa shape index (κ2) is 7.54. The lowest BCUT2D eigenvalue weighted by Gasteiger charge is -2.05. The monoisotopic (exact) mass is 256 g/mol. The highest BCUT2D eigenvalue weighted by atomic mass is 19.1. The van der Waals surface area contributed by atoms with Crippen molar-refractivity contribution in [2.75, 3.05) is 34.4 Å². The van der Waals surface area contributed by atoms with E-state index in [0.29, 0.717) is 19.6 Å². The predicted molar refractivity (Wildman–Crippen MR) is 65.8 cm³/mol. The van der Waals surface area contributed by atoms with Crippen LogP contribution in [0.5, 0.6) is 6.01 Å². The van der Waals surface area contributed by atoms with E-state index in [0.717, 1.165) is 6.20 Å². The molecule has 0 N–H and O–H groups in total. The van der Waals surface area contributed by atoms with Gasteiger partial charge in [-0.1, -0.05) is 0 Å². The molecule has 0 atom stereocenters. The van der Waals surface area contributed by atoms with E-state index in [2.05, 4.69) is 15.0 Å². The van der Waals surface area contributed by atoms with E-state index in [1.165, 1.54) is 6.34 Å². The number of hydrogen-bond donors (Lipinski definition) is 0. The van der Waals surface area contributed by atoms with Gasteiger partial charge in [-0.05, 0) is 0 Å². The Hall–Kier alpha value is -1.76. The number of ether oxygens (including phenoxy) is 2. The first-order chi connectivity index (χ1) is 8.63. The van der Waals surface area contributed by atoms with Gasteiger partial charge in [0.2, 0.25) is 0 Å². The summed E-state index contributed by atoms with van der Waals surface area (Å²) in [5, 5.41) is 0. The number of aliphatic imine (C=N–C) groups is 1. The topological polar surface area (TPSA) is 59.8 Å². The van der Waals surface area contributed by atoms with E-state index in [1.807, 2.05) is 0 Å². The van der Waals surface area contributed by atoms with Gasteiger partial charge in [0.1, 0.15) is 0 Å².